The van der Waals surface area contributed by atoms with E-state index in [1.165, 1.54) is 0 Å². The Kier molecular flexibility index (Phi) is 8.58. The van der Waals surface area contributed by atoms with Crippen LogP contribution in [0.15, 0.2) is 16.4 Å². The molecule has 0 saturated heterocycles. The molecular formula is C12H22N2O2S. The number of carbonyl (C=O) groups is 1. The summed E-state index contributed by atoms with van der Waals surface area (Å²) < 4.78 is 5.02. The molecule has 0 aromatic carbocycles. The van der Waals surface area contributed by atoms with Gasteiger partial charge >= 0.3 is 5.97 Å². The number of thioether (sulfide) groups is 1. The van der Waals surface area contributed by atoms with Crippen molar-refractivity contribution in [3.8, 4) is 0 Å². The van der Waals surface area contributed by atoms with Gasteiger partial charge in [-0.2, -0.15) is 0 Å². The van der Waals surface area contributed by atoms with E-state index in [-0.39, 0.29) is 5.97 Å². The van der Waals surface area contributed by atoms with Gasteiger partial charge in [0.05, 0.1) is 17.2 Å². The van der Waals surface area contributed by atoms with Crippen molar-refractivity contribution in [3.05, 3.63) is 11.4 Å². The predicted octanol–water partition coefficient (Wildman–Crippen LogP) is 2.56. The van der Waals surface area contributed by atoms with Gasteiger partial charge in [-0.3, -0.25) is 0 Å². The Morgan fingerprint density at radius 1 is 1.35 bits per heavy atom. The molecular weight excluding hydrogens is 236 g/mol. The molecule has 0 amide bonds. The number of esters is 1. The molecule has 0 aliphatic heterocycles. The third-order valence-corrected chi connectivity index (χ3v) is 2.75. The first-order valence-electron chi connectivity index (χ1n) is 5.83. The van der Waals surface area contributed by atoms with Crippen molar-refractivity contribution >= 4 is 22.8 Å². The summed E-state index contributed by atoms with van der Waals surface area (Å²) in [6, 6.07) is 0. The molecule has 5 heteroatoms. The first kappa shape index (κ1) is 16.0. The highest BCUT2D eigenvalue weighted by molar-refractivity contribution is 8.13. The van der Waals surface area contributed by atoms with Gasteiger partial charge in [-0.25, -0.2) is 9.79 Å². The largest absolute Gasteiger partial charge is 0.463 e. The second-order valence-corrected chi connectivity index (χ2v) is 4.27. The number of hydrogen-bond donors (Lipinski definition) is 1. The van der Waals surface area contributed by atoms with Crippen LogP contribution in [0.25, 0.3) is 0 Å². The normalized spacial score (nSPS) is 13.1. The number of hydrogen-bond acceptors (Lipinski definition) is 5. The Labute approximate surface area is 108 Å². The van der Waals surface area contributed by atoms with E-state index in [9.17, 15) is 4.79 Å². The summed E-state index contributed by atoms with van der Waals surface area (Å²) in [6.07, 6.45) is 2.56. The molecule has 98 valence electrons. The first-order chi connectivity index (χ1) is 8.10. The lowest BCUT2D eigenvalue weighted by Crippen LogP contribution is -2.19. The van der Waals surface area contributed by atoms with E-state index in [1.807, 2.05) is 27.0 Å². The van der Waals surface area contributed by atoms with Crippen molar-refractivity contribution in [2.75, 3.05) is 19.4 Å². The zero-order valence-corrected chi connectivity index (χ0v) is 12.1. The predicted molar refractivity (Wildman–Crippen MR) is 74.3 cm³/mol. The van der Waals surface area contributed by atoms with Crippen LogP contribution in [0.1, 0.15) is 34.1 Å². The molecule has 0 unspecified atom stereocenters. The average molecular weight is 258 g/mol. The number of aliphatic imine (C=N–C) groups is 1. The fourth-order valence-corrected chi connectivity index (χ4v) is 1.39. The first-order valence-corrected chi connectivity index (χ1v) is 7.06. The van der Waals surface area contributed by atoms with Gasteiger partial charge in [-0.15, -0.1) is 11.8 Å². The molecule has 0 atom stereocenters. The Balaban J connectivity index is 5.22. The molecule has 17 heavy (non-hydrogen) atoms. The van der Waals surface area contributed by atoms with Crippen LogP contribution in [0.3, 0.4) is 0 Å². The number of ether oxygens (including phenoxy) is 1. The zero-order chi connectivity index (χ0) is 13.3. The van der Waals surface area contributed by atoms with Crippen LogP contribution in [-0.4, -0.2) is 30.4 Å². The highest BCUT2D eigenvalue weighted by Gasteiger charge is 2.14. The van der Waals surface area contributed by atoms with Gasteiger partial charge in [-0.1, -0.05) is 6.92 Å². The fraction of sp³-hybridized carbons (Fsp3) is 0.667. The molecule has 0 aliphatic rings. The molecule has 0 spiro atoms. The van der Waals surface area contributed by atoms with Crippen LogP contribution in [0.5, 0.6) is 0 Å². The van der Waals surface area contributed by atoms with Crippen molar-refractivity contribution in [2.24, 2.45) is 4.99 Å². The van der Waals surface area contributed by atoms with E-state index in [0.29, 0.717) is 24.4 Å². The number of carbonyl (C=O) groups excluding carboxylic acids is 1. The quantitative estimate of drug-likeness (QED) is 0.344. The third kappa shape index (κ3) is 5.77. The molecule has 0 aromatic rings. The minimum absolute atomic E-state index is 0.288. The second kappa shape index (κ2) is 9.10. The SMILES string of the molecule is CCNC(/N=C(\C)SC)=C(/CC)C(=O)OCC. The second-order valence-electron chi connectivity index (χ2n) is 3.27. The van der Waals surface area contributed by atoms with Crippen LogP contribution < -0.4 is 5.32 Å². The van der Waals surface area contributed by atoms with Crippen LogP contribution >= 0.6 is 11.8 Å². The van der Waals surface area contributed by atoms with Gasteiger partial charge in [0.1, 0.15) is 5.82 Å². The molecule has 0 radical (unpaired) electrons. The highest BCUT2D eigenvalue weighted by Crippen LogP contribution is 2.12. The topological polar surface area (TPSA) is 50.7 Å². The summed E-state index contributed by atoms with van der Waals surface area (Å²) in [7, 11) is 0. The van der Waals surface area contributed by atoms with Gasteiger partial charge < -0.3 is 10.1 Å². The van der Waals surface area contributed by atoms with E-state index in [2.05, 4.69) is 10.3 Å². The van der Waals surface area contributed by atoms with Crippen molar-refractivity contribution in [1.29, 1.82) is 0 Å². The van der Waals surface area contributed by atoms with Gasteiger partial charge in [0.2, 0.25) is 0 Å². The van der Waals surface area contributed by atoms with E-state index in [4.69, 9.17) is 4.74 Å². The van der Waals surface area contributed by atoms with Gasteiger partial charge in [0, 0.05) is 6.54 Å². The van der Waals surface area contributed by atoms with Crippen LogP contribution in [0.2, 0.25) is 0 Å². The minimum Gasteiger partial charge on any atom is -0.463 e. The van der Waals surface area contributed by atoms with Crippen molar-refractivity contribution in [2.45, 2.75) is 34.1 Å². The molecule has 1 N–H and O–H groups in total. The summed E-state index contributed by atoms with van der Waals surface area (Å²) in [4.78, 5) is 16.2. The lowest BCUT2D eigenvalue weighted by molar-refractivity contribution is -0.138. The van der Waals surface area contributed by atoms with Crippen molar-refractivity contribution in [1.82, 2.24) is 5.32 Å². The van der Waals surface area contributed by atoms with E-state index in [1.54, 1.807) is 18.7 Å². The highest BCUT2D eigenvalue weighted by atomic mass is 32.2. The molecule has 0 fully saturated rings. The lowest BCUT2D eigenvalue weighted by Gasteiger charge is -2.11. The molecule has 4 nitrogen and oxygen atoms in total. The van der Waals surface area contributed by atoms with Crippen molar-refractivity contribution in [3.63, 3.8) is 0 Å². The van der Waals surface area contributed by atoms with Gasteiger partial charge in [0.25, 0.3) is 0 Å². The van der Waals surface area contributed by atoms with Crippen LogP contribution in [0.4, 0.5) is 0 Å². The molecule has 0 saturated carbocycles. The molecule has 0 bridgehead atoms. The van der Waals surface area contributed by atoms with E-state index in [0.717, 1.165) is 11.6 Å². The molecule has 0 rings (SSSR count). The summed E-state index contributed by atoms with van der Waals surface area (Å²) in [5, 5.41) is 4.03. The summed E-state index contributed by atoms with van der Waals surface area (Å²) >= 11 is 1.56. The fourth-order valence-electron chi connectivity index (χ4n) is 1.21. The number of rotatable bonds is 6. The maximum Gasteiger partial charge on any atom is 0.337 e. The maximum absolute atomic E-state index is 11.8. The number of nitrogens with one attached hydrogen (secondary N) is 1. The van der Waals surface area contributed by atoms with Crippen LogP contribution in [0, 0.1) is 0 Å². The Morgan fingerprint density at radius 2 is 2.00 bits per heavy atom. The van der Waals surface area contributed by atoms with E-state index >= 15 is 0 Å². The summed E-state index contributed by atoms with van der Waals surface area (Å²) in [6.45, 7) is 8.72. The van der Waals surface area contributed by atoms with Gasteiger partial charge in [-0.05, 0) is 33.4 Å². The molecule has 0 aromatic heterocycles. The Morgan fingerprint density at radius 3 is 2.41 bits per heavy atom. The van der Waals surface area contributed by atoms with Crippen LogP contribution in [-0.2, 0) is 9.53 Å². The monoisotopic (exact) mass is 258 g/mol. The van der Waals surface area contributed by atoms with E-state index < -0.39 is 0 Å². The minimum atomic E-state index is -0.288. The summed E-state index contributed by atoms with van der Waals surface area (Å²) in [5.41, 5.74) is 0.599. The smallest absolute Gasteiger partial charge is 0.337 e. The number of nitrogens with zero attached hydrogens (tertiary/aromatic N) is 1. The standard InChI is InChI=1S/C12H22N2O2S/c1-6-10(12(15)16-8-3)11(13-7-2)14-9(4)17-5/h13H,6-8H2,1-5H3/b11-10+,14-9+. The third-order valence-electron chi connectivity index (χ3n) is 2.07. The lowest BCUT2D eigenvalue weighted by atomic mass is 10.2. The zero-order valence-electron chi connectivity index (χ0n) is 11.3. The van der Waals surface area contributed by atoms with Crippen molar-refractivity contribution < 1.29 is 9.53 Å². The average Bonchev–Trinajstić information content (AvgIpc) is 2.30. The maximum atomic E-state index is 11.8. The molecule has 0 heterocycles. The summed E-state index contributed by atoms with van der Waals surface area (Å²) in [5.74, 6) is 0.337. The Bertz CT molecular complexity index is 312. The molecule has 0 aliphatic carbocycles. The Hall–Kier alpha value is -0.970. The van der Waals surface area contributed by atoms with Gasteiger partial charge in [0.15, 0.2) is 0 Å².